The van der Waals surface area contributed by atoms with Gasteiger partial charge in [-0.25, -0.2) is 9.59 Å². The third kappa shape index (κ3) is 6.59. The minimum Gasteiger partial charge on any atom is -0.480 e. The van der Waals surface area contributed by atoms with Crippen molar-refractivity contribution in [3.05, 3.63) is 0 Å². The maximum atomic E-state index is 11.8. The van der Waals surface area contributed by atoms with Crippen LogP contribution in [0.25, 0.3) is 0 Å². The fourth-order valence-corrected chi connectivity index (χ4v) is 1.31. The first-order valence-electron chi connectivity index (χ1n) is 5.76. The van der Waals surface area contributed by atoms with Gasteiger partial charge in [0.2, 0.25) is 0 Å². The third-order valence-electron chi connectivity index (χ3n) is 2.37. The monoisotopic (exact) mass is 273 g/mol. The number of aliphatic carboxylic acids is 1. The van der Waals surface area contributed by atoms with Crippen molar-refractivity contribution >= 4 is 12.0 Å². The van der Waals surface area contributed by atoms with Crippen LogP contribution >= 0.6 is 0 Å². The largest absolute Gasteiger partial charge is 0.480 e. The first-order chi connectivity index (χ1) is 8.93. The van der Waals surface area contributed by atoms with Gasteiger partial charge in [-0.15, -0.1) is 0 Å². The van der Waals surface area contributed by atoms with Gasteiger partial charge in [0.15, 0.2) is 6.04 Å². The predicted molar refractivity (Wildman–Crippen MR) is 65.3 cm³/mol. The van der Waals surface area contributed by atoms with Crippen molar-refractivity contribution in [1.82, 2.24) is 10.2 Å². The molecule has 0 aliphatic rings. The molecular formula is C11H19N3O5. The summed E-state index contributed by atoms with van der Waals surface area (Å²) < 4.78 is 4.83. The number of carboxylic acid groups (broad SMARTS) is 1. The molecule has 0 aromatic heterocycles. The van der Waals surface area contributed by atoms with Gasteiger partial charge in [0.1, 0.15) is 0 Å². The molecule has 0 aliphatic heterocycles. The molecule has 0 aromatic carbocycles. The first-order valence-corrected chi connectivity index (χ1v) is 5.76. The molecule has 0 rings (SSSR count). The van der Waals surface area contributed by atoms with Crippen molar-refractivity contribution in [2.24, 2.45) is 0 Å². The van der Waals surface area contributed by atoms with Crippen molar-refractivity contribution in [3.63, 3.8) is 0 Å². The van der Waals surface area contributed by atoms with E-state index < -0.39 is 24.1 Å². The standard InChI is InChI=1S/C11H19N3O5/c1-8(15)9(10(16)17)13-11(18)14(5-3-4-12)6-7-19-2/h8-9,15H,3,5-7H2,1-2H3,(H,13,18)(H,16,17)/t8-,9+/m1/s1. The lowest BCUT2D eigenvalue weighted by Gasteiger charge is -2.25. The third-order valence-corrected chi connectivity index (χ3v) is 2.37. The highest BCUT2D eigenvalue weighted by Gasteiger charge is 2.26. The number of carboxylic acids is 1. The number of rotatable bonds is 8. The van der Waals surface area contributed by atoms with Crippen molar-refractivity contribution in [3.8, 4) is 6.07 Å². The second-order valence-corrected chi connectivity index (χ2v) is 3.89. The van der Waals surface area contributed by atoms with E-state index in [1.807, 2.05) is 6.07 Å². The number of aliphatic hydroxyl groups is 1. The SMILES string of the molecule is COCCN(CCC#N)C(=O)N[C@H](C(=O)O)[C@@H](C)O. The summed E-state index contributed by atoms with van der Waals surface area (Å²) in [6.07, 6.45) is -1.09. The number of nitrogens with zero attached hydrogens (tertiary/aromatic N) is 2. The predicted octanol–water partition coefficient (Wildman–Crippen LogP) is -0.608. The lowest BCUT2D eigenvalue weighted by molar-refractivity contribution is -0.141. The number of carbonyl (C=O) groups is 2. The Morgan fingerprint density at radius 3 is 2.53 bits per heavy atom. The number of methoxy groups -OCH3 is 1. The number of amides is 2. The number of carbonyl (C=O) groups excluding carboxylic acids is 1. The van der Waals surface area contributed by atoms with E-state index in [-0.39, 0.29) is 26.1 Å². The molecule has 0 aliphatic carbocycles. The van der Waals surface area contributed by atoms with E-state index in [0.717, 1.165) is 0 Å². The Kier molecular flexibility index (Phi) is 8.24. The molecule has 0 spiro atoms. The average Bonchev–Trinajstić information content (AvgIpc) is 2.35. The number of ether oxygens (including phenoxy) is 1. The van der Waals surface area contributed by atoms with Crippen LogP contribution in [0.1, 0.15) is 13.3 Å². The van der Waals surface area contributed by atoms with E-state index in [0.29, 0.717) is 0 Å². The topological polar surface area (TPSA) is 123 Å². The number of hydrogen-bond acceptors (Lipinski definition) is 5. The van der Waals surface area contributed by atoms with Crippen molar-refractivity contribution in [1.29, 1.82) is 5.26 Å². The molecule has 3 N–H and O–H groups in total. The van der Waals surface area contributed by atoms with Crippen LogP contribution in [0.2, 0.25) is 0 Å². The minimum atomic E-state index is -1.39. The highest BCUT2D eigenvalue weighted by atomic mass is 16.5. The van der Waals surface area contributed by atoms with Crippen molar-refractivity contribution < 1.29 is 24.5 Å². The minimum absolute atomic E-state index is 0.129. The lowest BCUT2D eigenvalue weighted by atomic mass is 10.2. The molecule has 0 saturated carbocycles. The smallest absolute Gasteiger partial charge is 0.328 e. The van der Waals surface area contributed by atoms with Crippen LogP contribution in [0.15, 0.2) is 0 Å². The number of nitrogens with one attached hydrogen (secondary N) is 1. The fourth-order valence-electron chi connectivity index (χ4n) is 1.31. The van der Waals surface area contributed by atoms with Gasteiger partial charge in [-0.3, -0.25) is 0 Å². The summed E-state index contributed by atoms with van der Waals surface area (Å²) in [5.74, 6) is -1.32. The summed E-state index contributed by atoms with van der Waals surface area (Å²) in [5.41, 5.74) is 0. The zero-order valence-electron chi connectivity index (χ0n) is 11.0. The molecular weight excluding hydrogens is 254 g/mol. The molecule has 2 atom stereocenters. The highest BCUT2D eigenvalue weighted by molar-refractivity contribution is 5.83. The van der Waals surface area contributed by atoms with E-state index in [4.69, 9.17) is 15.1 Å². The zero-order chi connectivity index (χ0) is 14.8. The van der Waals surface area contributed by atoms with Crippen LogP contribution in [-0.2, 0) is 9.53 Å². The van der Waals surface area contributed by atoms with E-state index in [2.05, 4.69) is 5.32 Å². The second kappa shape index (κ2) is 9.13. The van der Waals surface area contributed by atoms with Crippen LogP contribution in [-0.4, -0.2) is 66.1 Å². The second-order valence-electron chi connectivity index (χ2n) is 3.89. The number of hydrogen-bond donors (Lipinski definition) is 3. The normalized spacial score (nSPS) is 13.2. The Labute approximate surface area is 111 Å². The molecule has 2 amide bonds. The van der Waals surface area contributed by atoms with Crippen LogP contribution in [0.5, 0.6) is 0 Å². The Hall–Kier alpha value is -1.85. The lowest BCUT2D eigenvalue weighted by Crippen LogP contribution is -2.53. The van der Waals surface area contributed by atoms with Gasteiger partial charge in [0.05, 0.1) is 25.2 Å². The molecule has 0 saturated heterocycles. The highest BCUT2D eigenvalue weighted by Crippen LogP contribution is 1.98. The molecule has 108 valence electrons. The molecule has 0 unspecified atom stereocenters. The Balaban J connectivity index is 4.59. The first kappa shape index (κ1) is 17.2. The maximum absolute atomic E-state index is 11.8. The molecule has 0 heterocycles. The zero-order valence-corrected chi connectivity index (χ0v) is 11.0. The Bertz CT molecular complexity index is 340. The van der Waals surface area contributed by atoms with E-state index >= 15 is 0 Å². The van der Waals surface area contributed by atoms with Crippen LogP contribution in [0.4, 0.5) is 4.79 Å². The Morgan fingerprint density at radius 1 is 1.47 bits per heavy atom. The van der Waals surface area contributed by atoms with E-state index in [9.17, 15) is 14.7 Å². The summed E-state index contributed by atoms with van der Waals surface area (Å²) in [6.45, 7) is 1.94. The molecule has 0 bridgehead atoms. The molecule has 0 fully saturated rings. The number of nitriles is 1. The van der Waals surface area contributed by atoms with Crippen molar-refractivity contribution in [2.45, 2.75) is 25.5 Å². The fraction of sp³-hybridized carbons (Fsp3) is 0.727. The summed E-state index contributed by atoms with van der Waals surface area (Å²) >= 11 is 0. The quantitative estimate of drug-likeness (QED) is 0.542. The molecule has 0 radical (unpaired) electrons. The van der Waals surface area contributed by atoms with Gasteiger partial charge >= 0.3 is 12.0 Å². The summed E-state index contributed by atoms with van der Waals surface area (Å²) in [6, 6.07) is -0.141. The van der Waals surface area contributed by atoms with Gasteiger partial charge in [-0.2, -0.15) is 5.26 Å². The van der Waals surface area contributed by atoms with Crippen LogP contribution in [0, 0.1) is 11.3 Å². The van der Waals surface area contributed by atoms with Crippen LogP contribution in [0.3, 0.4) is 0 Å². The number of aliphatic hydroxyl groups excluding tert-OH is 1. The van der Waals surface area contributed by atoms with Gasteiger partial charge in [0.25, 0.3) is 0 Å². The molecule has 0 aromatic rings. The van der Waals surface area contributed by atoms with Gasteiger partial charge in [0, 0.05) is 20.2 Å². The van der Waals surface area contributed by atoms with Gasteiger partial charge < -0.3 is 25.2 Å². The summed E-state index contributed by atoms with van der Waals surface area (Å²) in [7, 11) is 1.47. The van der Waals surface area contributed by atoms with Crippen LogP contribution < -0.4 is 5.32 Å². The van der Waals surface area contributed by atoms with E-state index in [1.165, 1.54) is 18.9 Å². The molecule has 19 heavy (non-hydrogen) atoms. The summed E-state index contributed by atoms with van der Waals surface area (Å²) in [4.78, 5) is 24.0. The van der Waals surface area contributed by atoms with Gasteiger partial charge in [-0.1, -0.05) is 0 Å². The maximum Gasteiger partial charge on any atom is 0.328 e. The average molecular weight is 273 g/mol. The molecule has 8 heteroatoms. The number of urea groups is 1. The van der Waals surface area contributed by atoms with Gasteiger partial charge in [-0.05, 0) is 6.92 Å². The summed E-state index contributed by atoms with van der Waals surface area (Å²) in [5, 5.41) is 28.8. The molecule has 8 nitrogen and oxygen atoms in total. The van der Waals surface area contributed by atoms with Crippen molar-refractivity contribution in [2.75, 3.05) is 26.8 Å². The van der Waals surface area contributed by atoms with E-state index in [1.54, 1.807) is 0 Å². The Morgan fingerprint density at radius 2 is 2.11 bits per heavy atom.